The molecule has 1 unspecified atom stereocenters. The summed E-state index contributed by atoms with van der Waals surface area (Å²) in [6, 6.07) is 13.7. The molecule has 0 saturated carbocycles. The van der Waals surface area contributed by atoms with Gasteiger partial charge in [-0.2, -0.15) is 0 Å². The molecule has 0 fully saturated rings. The fourth-order valence-corrected chi connectivity index (χ4v) is 3.33. The summed E-state index contributed by atoms with van der Waals surface area (Å²) < 4.78 is 5.20. The lowest BCUT2D eigenvalue weighted by Crippen LogP contribution is -2.11. The molecule has 2 aromatic carbocycles. The number of esters is 1. The Morgan fingerprint density at radius 1 is 1.12 bits per heavy atom. The average molecular weight is 351 g/mol. The first kappa shape index (κ1) is 18.1. The normalized spacial score (nSPS) is 12.5. The number of aromatic amines is 1. The lowest BCUT2D eigenvalue weighted by Gasteiger charge is -2.17. The Hall–Kier alpha value is -2.75. The maximum absolute atomic E-state index is 12.2. The van der Waals surface area contributed by atoms with Gasteiger partial charge in [-0.25, -0.2) is 0 Å². The molecule has 1 aromatic heterocycles. The Bertz CT molecular complexity index is 893. The number of aromatic nitrogens is 1. The van der Waals surface area contributed by atoms with E-state index in [4.69, 9.17) is 4.74 Å². The topological polar surface area (TPSA) is 62.3 Å². The van der Waals surface area contributed by atoms with E-state index in [2.05, 4.69) is 43.1 Å². The smallest absolute Gasteiger partial charge is 0.306 e. The number of phenols is 1. The SMILES string of the molecule is CCOC(=O)CC(c1ccc(C(C)C)cc1)c1c[nH]c2cc(O)ccc12. The van der Waals surface area contributed by atoms with E-state index >= 15 is 0 Å². The van der Waals surface area contributed by atoms with Crippen molar-refractivity contribution in [3.8, 4) is 5.75 Å². The van der Waals surface area contributed by atoms with Gasteiger partial charge in [0.1, 0.15) is 5.75 Å². The third-order valence-corrected chi connectivity index (χ3v) is 4.75. The molecule has 0 saturated heterocycles. The third kappa shape index (κ3) is 3.74. The van der Waals surface area contributed by atoms with Crippen LogP contribution in [-0.4, -0.2) is 22.7 Å². The first-order chi connectivity index (χ1) is 12.5. The van der Waals surface area contributed by atoms with Gasteiger partial charge in [-0.05, 0) is 41.7 Å². The molecule has 0 amide bonds. The van der Waals surface area contributed by atoms with Crippen LogP contribution in [0.2, 0.25) is 0 Å². The Balaban J connectivity index is 2.03. The first-order valence-electron chi connectivity index (χ1n) is 9.05. The van der Waals surface area contributed by atoms with Crippen LogP contribution >= 0.6 is 0 Å². The molecule has 0 radical (unpaired) electrons. The standard InChI is InChI=1S/C22H25NO3/c1-4-26-22(25)12-19(16-7-5-15(6-8-16)14(2)3)20-13-23-21-11-17(24)9-10-18(20)21/h5-11,13-14,19,23-24H,4,12H2,1-3H3. The summed E-state index contributed by atoms with van der Waals surface area (Å²) in [5, 5.41) is 10.7. The van der Waals surface area contributed by atoms with E-state index in [1.165, 1.54) is 5.56 Å². The zero-order chi connectivity index (χ0) is 18.7. The van der Waals surface area contributed by atoms with Crippen LogP contribution in [0, 0.1) is 0 Å². The number of phenolic OH excluding ortho intramolecular Hbond substituents is 1. The largest absolute Gasteiger partial charge is 0.508 e. The van der Waals surface area contributed by atoms with Crippen LogP contribution in [-0.2, 0) is 9.53 Å². The lowest BCUT2D eigenvalue weighted by molar-refractivity contribution is -0.143. The second-order valence-corrected chi connectivity index (χ2v) is 6.86. The van der Waals surface area contributed by atoms with Gasteiger partial charge in [0.2, 0.25) is 0 Å². The summed E-state index contributed by atoms with van der Waals surface area (Å²) in [6.07, 6.45) is 2.20. The maximum Gasteiger partial charge on any atom is 0.306 e. The number of nitrogens with one attached hydrogen (secondary N) is 1. The van der Waals surface area contributed by atoms with Crippen LogP contribution in [0.25, 0.3) is 10.9 Å². The van der Waals surface area contributed by atoms with Gasteiger partial charge in [0.15, 0.2) is 0 Å². The summed E-state index contributed by atoms with van der Waals surface area (Å²) >= 11 is 0. The van der Waals surface area contributed by atoms with Crippen molar-refractivity contribution in [1.29, 1.82) is 0 Å². The molecule has 3 rings (SSSR count). The molecule has 26 heavy (non-hydrogen) atoms. The van der Waals surface area contributed by atoms with Crippen molar-refractivity contribution in [3.63, 3.8) is 0 Å². The predicted octanol–water partition coefficient (Wildman–Crippen LogP) is 5.08. The van der Waals surface area contributed by atoms with Gasteiger partial charge >= 0.3 is 5.97 Å². The van der Waals surface area contributed by atoms with Gasteiger partial charge in [0.05, 0.1) is 13.0 Å². The molecule has 3 aromatic rings. The summed E-state index contributed by atoms with van der Waals surface area (Å²) in [4.78, 5) is 15.4. The molecule has 1 atom stereocenters. The number of benzene rings is 2. The molecule has 0 aliphatic carbocycles. The zero-order valence-corrected chi connectivity index (χ0v) is 15.5. The van der Waals surface area contributed by atoms with E-state index in [0.29, 0.717) is 12.5 Å². The van der Waals surface area contributed by atoms with Gasteiger partial charge in [0.25, 0.3) is 0 Å². The second kappa shape index (κ2) is 7.65. The van der Waals surface area contributed by atoms with Crippen molar-refractivity contribution in [2.75, 3.05) is 6.61 Å². The van der Waals surface area contributed by atoms with E-state index in [1.54, 1.807) is 12.1 Å². The van der Waals surface area contributed by atoms with E-state index in [-0.39, 0.29) is 24.1 Å². The highest BCUT2D eigenvalue weighted by Crippen LogP contribution is 2.35. The van der Waals surface area contributed by atoms with Gasteiger partial charge in [-0.15, -0.1) is 0 Å². The molecular formula is C22H25NO3. The van der Waals surface area contributed by atoms with Crippen molar-refractivity contribution in [2.24, 2.45) is 0 Å². The number of ether oxygens (including phenoxy) is 1. The van der Waals surface area contributed by atoms with Gasteiger partial charge in [-0.3, -0.25) is 4.79 Å². The molecule has 4 heteroatoms. The minimum Gasteiger partial charge on any atom is -0.508 e. The molecule has 2 N–H and O–H groups in total. The summed E-state index contributed by atoms with van der Waals surface area (Å²) in [6.45, 7) is 6.52. The molecule has 0 aliphatic rings. The predicted molar refractivity (Wildman–Crippen MR) is 104 cm³/mol. The van der Waals surface area contributed by atoms with Crippen LogP contribution in [0.1, 0.15) is 55.7 Å². The number of fused-ring (bicyclic) bond motifs is 1. The van der Waals surface area contributed by atoms with E-state index in [0.717, 1.165) is 22.0 Å². The quantitative estimate of drug-likeness (QED) is 0.609. The van der Waals surface area contributed by atoms with Gasteiger partial charge < -0.3 is 14.8 Å². The Morgan fingerprint density at radius 3 is 2.46 bits per heavy atom. The molecule has 4 nitrogen and oxygen atoms in total. The number of aromatic hydroxyl groups is 1. The molecule has 0 aliphatic heterocycles. The molecule has 136 valence electrons. The number of rotatable bonds is 6. The highest BCUT2D eigenvalue weighted by atomic mass is 16.5. The number of H-pyrrole nitrogens is 1. The first-order valence-corrected chi connectivity index (χ1v) is 9.05. The fraction of sp³-hybridized carbons (Fsp3) is 0.318. The Kier molecular flexibility index (Phi) is 5.31. The average Bonchev–Trinajstić information content (AvgIpc) is 3.02. The third-order valence-electron chi connectivity index (χ3n) is 4.75. The second-order valence-electron chi connectivity index (χ2n) is 6.86. The maximum atomic E-state index is 12.2. The van der Waals surface area contributed by atoms with E-state index < -0.39 is 0 Å². The number of carbonyl (C=O) groups is 1. The minimum absolute atomic E-state index is 0.103. The highest BCUT2D eigenvalue weighted by molar-refractivity contribution is 5.86. The minimum atomic E-state index is -0.210. The van der Waals surface area contributed by atoms with E-state index in [9.17, 15) is 9.90 Å². The van der Waals surface area contributed by atoms with Crippen LogP contribution in [0.5, 0.6) is 5.75 Å². The zero-order valence-electron chi connectivity index (χ0n) is 15.5. The summed E-state index contributed by atoms with van der Waals surface area (Å²) in [5.41, 5.74) is 4.24. The lowest BCUT2D eigenvalue weighted by atomic mass is 9.87. The van der Waals surface area contributed by atoms with Gasteiger partial charge in [0, 0.05) is 29.1 Å². The Morgan fingerprint density at radius 2 is 1.81 bits per heavy atom. The van der Waals surface area contributed by atoms with Crippen LogP contribution < -0.4 is 0 Å². The summed E-state index contributed by atoms with van der Waals surface area (Å²) in [5.74, 6) is 0.366. The van der Waals surface area contributed by atoms with Crippen molar-refractivity contribution >= 4 is 16.9 Å². The van der Waals surface area contributed by atoms with Crippen LogP contribution in [0.3, 0.4) is 0 Å². The molecule has 0 bridgehead atoms. The van der Waals surface area contributed by atoms with E-state index in [1.807, 2.05) is 19.2 Å². The van der Waals surface area contributed by atoms with Crippen LogP contribution in [0.4, 0.5) is 0 Å². The number of hydrogen-bond acceptors (Lipinski definition) is 3. The molecular weight excluding hydrogens is 326 g/mol. The van der Waals surface area contributed by atoms with Crippen molar-refractivity contribution in [1.82, 2.24) is 4.98 Å². The van der Waals surface area contributed by atoms with Crippen molar-refractivity contribution in [2.45, 2.75) is 39.0 Å². The number of carbonyl (C=O) groups excluding carboxylic acids is 1. The monoisotopic (exact) mass is 351 g/mol. The Labute approximate surface area is 153 Å². The number of hydrogen-bond donors (Lipinski definition) is 2. The highest BCUT2D eigenvalue weighted by Gasteiger charge is 2.22. The van der Waals surface area contributed by atoms with Gasteiger partial charge in [-0.1, -0.05) is 38.1 Å². The molecule has 1 heterocycles. The van der Waals surface area contributed by atoms with Crippen LogP contribution in [0.15, 0.2) is 48.7 Å². The summed E-state index contributed by atoms with van der Waals surface area (Å²) in [7, 11) is 0. The fourth-order valence-electron chi connectivity index (χ4n) is 3.33. The molecule has 0 spiro atoms. The van der Waals surface area contributed by atoms with Crippen molar-refractivity contribution in [3.05, 3.63) is 65.4 Å². The van der Waals surface area contributed by atoms with Crippen molar-refractivity contribution < 1.29 is 14.6 Å².